The summed E-state index contributed by atoms with van der Waals surface area (Å²) in [4.78, 5) is 4.37. The highest BCUT2D eigenvalue weighted by Crippen LogP contribution is 2.12. The minimum absolute atomic E-state index is 0.651. The molecule has 13 heavy (non-hydrogen) atoms. The van der Waals surface area contributed by atoms with Gasteiger partial charge in [0.2, 0.25) is 5.13 Å². The Morgan fingerprint density at radius 2 is 2.23 bits per heavy atom. The molecule has 0 spiro atoms. The zero-order valence-corrected chi connectivity index (χ0v) is 9.32. The quantitative estimate of drug-likeness (QED) is 0.792. The van der Waals surface area contributed by atoms with Gasteiger partial charge in [0.05, 0.1) is 0 Å². The second-order valence-electron chi connectivity index (χ2n) is 3.54. The highest BCUT2D eigenvalue weighted by atomic mass is 32.1. The van der Waals surface area contributed by atoms with Gasteiger partial charge in [-0.25, -0.2) is 4.98 Å². The van der Waals surface area contributed by atoms with Crippen molar-refractivity contribution < 1.29 is 0 Å². The number of rotatable bonds is 5. The zero-order chi connectivity index (χ0) is 9.68. The summed E-state index contributed by atoms with van der Waals surface area (Å²) < 4.78 is 4.25. The first kappa shape index (κ1) is 10.4. The highest BCUT2D eigenvalue weighted by molar-refractivity contribution is 7.09. The standard InChI is InChI=1S/C9H17N3S/c1-4-5-8-11-9(13-12-8)10-6-7(2)3/h7H,4-6H2,1-3H3,(H,10,11,12). The molecular weight excluding hydrogens is 182 g/mol. The number of anilines is 1. The third-order valence-corrected chi connectivity index (χ3v) is 2.31. The normalized spacial score (nSPS) is 10.8. The molecular formula is C9H17N3S. The van der Waals surface area contributed by atoms with Crippen LogP contribution in [0.4, 0.5) is 5.13 Å². The summed E-state index contributed by atoms with van der Waals surface area (Å²) in [6, 6.07) is 0. The van der Waals surface area contributed by atoms with E-state index in [0.717, 1.165) is 30.3 Å². The fourth-order valence-corrected chi connectivity index (χ4v) is 1.56. The topological polar surface area (TPSA) is 37.8 Å². The molecule has 1 rings (SSSR count). The summed E-state index contributed by atoms with van der Waals surface area (Å²) >= 11 is 1.46. The lowest BCUT2D eigenvalue weighted by Gasteiger charge is -2.03. The maximum absolute atomic E-state index is 4.37. The maximum Gasteiger partial charge on any atom is 0.202 e. The van der Waals surface area contributed by atoms with Crippen molar-refractivity contribution >= 4 is 16.7 Å². The monoisotopic (exact) mass is 199 g/mol. The molecule has 0 aliphatic rings. The predicted molar refractivity (Wildman–Crippen MR) is 57.2 cm³/mol. The molecule has 1 heterocycles. The molecule has 1 N–H and O–H groups in total. The van der Waals surface area contributed by atoms with Crippen molar-refractivity contribution in [2.45, 2.75) is 33.6 Å². The van der Waals surface area contributed by atoms with E-state index in [2.05, 4.69) is 35.4 Å². The molecule has 0 atom stereocenters. The largest absolute Gasteiger partial charge is 0.360 e. The fourth-order valence-electron chi connectivity index (χ4n) is 0.942. The molecule has 0 aliphatic heterocycles. The average molecular weight is 199 g/mol. The van der Waals surface area contributed by atoms with Gasteiger partial charge in [-0.05, 0) is 12.3 Å². The van der Waals surface area contributed by atoms with Crippen LogP contribution in [-0.4, -0.2) is 15.9 Å². The average Bonchev–Trinajstić information content (AvgIpc) is 2.50. The number of nitrogens with zero attached hydrogens (tertiary/aromatic N) is 2. The van der Waals surface area contributed by atoms with Gasteiger partial charge in [0, 0.05) is 24.5 Å². The number of aromatic nitrogens is 2. The molecule has 3 nitrogen and oxygen atoms in total. The second-order valence-corrected chi connectivity index (χ2v) is 4.29. The van der Waals surface area contributed by atoms with Crippen molar-refractivity contribution in [1.82, 2.24) is 9.36 Å². The van der Waals surface area contributed by atoms with E-state index in [1.165, 1.54) is 11.5 Å². The molecule has 1 aromatic heterocycles. The van der Waals surface area contributed by atoms with Crippen molar-refractivity contribution in [2.75, 3.05) is 11.9 Å². The number of nitrogens with one attached hydrogen (secondary N) is 1. The Bertz CT molecular complexity index is 245. The Morgan fingerprint density at radius 3 is 2.85 bits per heavy atom. The summed E-state index contributed by atoms with van der Waals surface area (Å²) in [6.07, 6.45) is 2.10. The van der Waals surface area contributed by atoms with Crippen LogP contribution < -0.4 is 5.32 Å². The lowest BCUT2D eigenvalue weighted by molar-refractivity contribution is 0.688. The van der Waals surface area contributed by atoms with E-state index >= 15 is 0 Å². The van der Waals surface area contributed by atoms with Gasteiger partial charge < -0.3 is 5.32 Å². The van der Waals surface area contributed by atoms with Gasteiger partial charge in [-0.1, -0.05) is 20.8 Å². The highest BCUT2D eigenvalue weighted by Gasteiger charge is 2.02. The zero-order valence-electron chi connectivity index (χ0n) is 8.50. The van der Waals surface area contributed by atoms with Crippen LogP contribution in [0.15, 0.2) is 0 Å². The molecule has 0 amide bonds. The number of hydrogen-bond donors (Lipinski definition) is 1. The van der Waals surface area contributed by atoms with E-state index in [1.54, 1.807) is 0 Å². The summed E-state index contributed by atoms with van der Waals surface area (Å²) in [5, 5.41) is 4.22. The SMILES string of the molecule is CCCc1nsc(NCC(C)C)n1. The summed E-state index contributed by atoms with van der Waals surface area (Å²) in [5.41, 5.74) is 0. The first-order valence-corrected chi connectivity index (χ1v) is 5.56. The Kier molecular flexibility index (Phi) is 4.15. The third kappa shape index (κ3) is 3.72. The third-order valence-electron chi connectivity index (χ3n) is 1.60. The molecule has 4 heteroatoms. The molecule has 0 radical (unpaired) electrons. The fraction of sp³-hybridized carbons (Fsp3) is 0.778. The smallest absolute Gasteiger partial charge is 0.202 e. The Hall–Kier alpha value is -0.640. The first-order chi connectivity index (χ1) is 6.22. The van der Waals surface area contributed by atoms with E-state index in [9.17, 15) is 0 Å². The molecule has 0 unspecified atom stereocenters. The van der Waals surface area contributed by atoms with Crippen LogP contribution >= 0.6 is 11.5 Å². The van der Waals surface area contributed by atoms with E-state index in [1.807, 2.05) is 0 Å². The molecule has 0 aliphatic carbocycles. The summed E-state index contributed by atoms with van der Waals surface area (Å²) in [5.74, 6) is 1.62. The van der Waals surface area contributed by atoms with Crippen molar-refractivity contribution in [3.05, 3.63) is 5.82 Å². The predicted octanol–water partition coefficient (Wildman–Crippen LogP) is 2.56. The lowest BCUT2D eigenvalue weighted by Crippen LogP contribution is -2.07. The molecule has 0 aromatic carbocycles. The van der Waals surface area contributed by atoms with Gasteiger partial charge in [0.1, 0.15) is 5.82 Å². The minimum atomic E-state index is 0.651. The number of hydrogen-bond acceptors (Lipinski definition) is 4. The van der Waals surface area contributed by atoms with Crippen LogP contribution in [0.3, 0.4) is 0 Å². The van der Waals surface area contributed by atoms with Gasteiger partial charge in [-0.15, -0.1) is 0 Å². The van der Waals surface area contributed by atoms with Crippen LogP contribution in [-0.2, 0) is 6.42 Å². The minimum Gasteiger partial charge on any atom is -0.360 e. The van der Waals surface area contributed by atoms with Gasteiger partial charge in [-0.2, -0.15) is 4.37 Å². The molecule has 1 aromatic rings. The Balaban J connectivity index is 2.39. The van der Waals surface area contributed by atoms with E-state index < -0.39 is 0 Å². The second kappa shape index (κ2) is 5.17. The number of aryl methyl sites for hydroxylation is 1. The van der Waals surface area contributed by atoms with Crippen LogP contribution in [0.25, 0.3) is 0 Å². The first-order valence-electron chi connectivity index (χ1n) is 4.78. The summed E-state index contributed by atoms with van der Waals surface area (Å²) in [6.45, 7) is 7.48. The lowest BCUT2D eigenvalue weighted by atomic mass is 10.2. The molecule has 0 fully saturated rings. The van der Waals surface area contributed by atoms with Crippen LogP contribution in [0.5, 0.6) is 0 Å². The molecule has 0 bridgehead atoms. The van der Waals surface area contributed by atoms with E-state index in [0.29, 0.717) is 5.92 Å². The van der Waals surface area contributed by atoms with Gasteiger partial charge in [0.25, 0.3) is 0 Å². The van der Waals surface area contributed by atoms with Crippen molar-refractivity contribution in [3.63, 3.8) is 0 Å². The van der Waals surface area contributed by atoms with Crippen LogP contribution in [0, 0.1) is 5.92 Å². The summed E-state index contributed by atoms with van der Waals surface area (Å²) in [7, 11) is 0. The maximum atomic E-state index is 4.37. The van der Waals surface area contributed by atoms with Gasteiger partial charge in [0.15, 0.2) is 0 Å². The van der Waals surface area contributed by atoms with E-state index in [4.69, 9.17) is 0 Å². The van der Waals surface area contributed by atoms with Gasteiger partial charge in [-0.3, -0.25) is 0 Å². The molecule has 74 valence electrons. The van der Waals surface area contributed by atoms with Crippen LogP contribution in [0.1, 0.15) is 33.0 Å². The Morgan fingerprint density at radius 1 is 1.46 bits per heavy atom. The molecule has 0 saturated carbocycles. The molecule has 0 saturated heterocycles. The van der Waals surface area contributed by atoms with Crippen LogP contribution in [0.2, 0.25) is 0 Å². The Labute approximate surface area is 83.8 Å². The van der Waals surface area contributed by atoms with Crippen molar-refractivity contribution in [2.24, 2.45) is 5.92 Å². The van der Waals surface area contributed by atoms with Crippen molar-refractivity contribution in [3.8, 4) is 0 Å². The van der Waals surface area contributed by atoms with E-state index in [-0.39, 0.29) is 0 Å². The van der Waals surface area contributed by atoms with Crippen molar-refractivity contribution in [1.29, 1.82) is 0 Å². The van der Waals surface area contributed by atoms with Gasteiger partial charge >= 0.3 is 0 Å².